The van der Waals surface area contributed by atoms with Crippen LogP contribution in [0.3, 0.4) is 0 Å². The van der Waals surface area contributed by atoms with Crippen LogP contribution in [0.1, 0.15) is 6.42 Å². The van der Waals surface area contributed by atoms with E-state index in [1.807, 2.05) is 0 Å². The first-order valence-corrected chi connectivity index (χ1v) is 2.06. The van der Waals surface area contributed by atoms with E-state index in [1.165, 1.54) is 0 Å². The van der Waals surface area contributed by atoms with Crippen LogP contribution in [0.5, 0.6) is 0 Å². The van der Waals surface area contributed by atoms with Crippen LogP contribution in [0.15, 0.2) is 0 Å². The average molecular weight is 131 g/mol. The lowest BCUT2D eigenvalue weighted by molar-refractivity contribution is -0.137. The van der Waals surface area contributed by atoms with Crippen molar-refractivity contribution in [2.24, 2.45) is 0 Å². The van der Waals surface area contributed by atoms with Gasteiger partial charge in [-0.15, -0.1) is 0 Å². The monoisotopic (exact) mass is 131 g/mol. The van der Waals surface area contributed by atoms with Crippen LogP contribution in [0.2, 0.25) is 0 Å². The Hall–Kier alpha value is -1.39. The zero-order valence-electron chi connectivity index (χ0n) is 4.42. The third-order valence-electron chi connectivity index (χ3n) is 0.586. The highest BCUT2D eigenvalue weighted by Gasteiger charge is 2.09. The highest BCUT2D eigenvalue weighted by Crippen LogP contribution is 1.82. The SMILES string of the molecule is N=C(CC(=O)O)C(=O)O. The molecule has 0 bridgehead atoms. The molecule has 0 unspecified atom stereocenters. The van der Waals surface area contributed by atoms with Gasteiger partial charge in [0.2, 0.25) is 0 Å². The second-order valence-electron chi connectivity index (χ2n) is 1.35. The van der Waals surface area contributed by atoms with Gasteiger partial charge in [0.1, 0.15) is 5.71 Å². The largest absolute Gasteiger partial charge is 0.481 e. The molecule has 0 amide bonds. The van der Waals surface area contributed by atoms with Crippen molar-refractivity contribution in [1.82, 2.24) is 0 Å². The number of hydrogen-bond donors (Lipinski definition) is 3. The van der Waals surface area contributed by atoms with Gasteiger partial charge < -0.3 is 10.2 Å². The summed E-state index contributed by atoms with van der Waals surface area (Å²) >= 11 is 0. The average Bonchev–Trinajstić information content (AvgIpc) is 1.63. The summed E-state index contributed by atoms with van der Waals surface area (Å²) in [5.74, 6) is -2.79. The van der Waals surface area contributed by atoms with E-state index in [0.29, 0.717) is 0 Å². The Morgan fingerprint density at radius 1 is 1.33 bits per heavy atom. The van der Waals surface area contributed by atoms with E-state index in [4.69, 9.17) is 15.6 Å². The lowest BCUT2D eigenvalue weighted by Gasteiger charge is -1.89. The molecule has 9 heavy (non-hydrogen) atoms. The van der Waals surface area contributed by atoms with E-state index < -0.39 is 24.1 Å². The summed E-state index contributed by atoms with van der Waals surface area (Å²) in [4.78, 5) is 19.5. The highest BCUT2D eigenvalue weighted by atomic mass is 16.4. The van der Waals surface area contributed by atoms with Crippen LogP contribution in [-0.4, -0.2) is 27.9 Å². The van der Waals surface area contributed by atoms with Crippen LogP contribution < -0.4 is 0 Å². The molecular weight excluding hydrogens is 126 g/mol. The summed E-state index contributed by atoms with van der Waals surface area (Å²) in [6.45, 7) is 0. The Morgan fingerprint density at radius 2 is 1.78 bits per heavy atom. The van der Waals surface area contributed by atoms with E-state index in [9.17, 15) is 9.59 Å². The molecular formula is C4H5NO4. The second kappa shape index (κ2) is 2.81. The number of hydrogen-bond acceptors (Lipinski definition) is 3. The second-order valence-corrected chi connectivity index (χ2v) is 1.35. The minimum absolute atomic E-state index is 0.727. The Morgan fingerprint density at radius 3 is 1.89 bits per heavy atom. The van der Waals surface area contributed by atoms with Crippen molar-refractivity contribution in [1.29, 1.82) is 5.41 Å². The standard InChI is InChI=1S/C4H5NO4/c5-2(4(8)9)1-3(6)7/h5H,1H2,(H,6,7)(H,8,9). The van der Waals surface area contributed by atoms with Crippen LogP contribution in [0, 0.1) is 5.41 Å². The van der Waals surface area contributed by atoms with Gasteiger partial charge in [0.05, 0.1) is 6.42 Å². The van der Waals surface area contributed by atoms with Gasteiger partial charge >= 0.3 is 11.9 Å². The fourth-order valence-corrected chi connectivity index (χ4v) is 0.227. The number of nitrogens with one attached hydrogen (secondary N) is 1. The zero-order chi connectivity index (χ0) is 7.44. The first kappa shape index (κ1) is 7.61. The van der Waals surface area contributed by atoms with E-state index >= 15 is 0 Å². The van der Waals surface area contributed by atoms with Crippen LogP contribution in [0.25, 0.3) is 0 Å². The summed E-state index contributed by atoms with van der Waals surface area (Å²) in [5, 5.41) is 22.4. The van der Waals surface area contributed by atoms with Gasteiger partial charge in [0, 0.05) is 0 Å². The van der Waals surface area contributed by atoms with Crippen molar-refractivity contribution in [3.63, 3.8) is 0 Å². The summed E-state index contributed by atoms with van der Waals surface area (Å²) in [6.07, 6.45) is -0.727. The Bertz CT molecular complexity index is 162. The molecule has 5 nitrogen and oxygen atoms in total. The Labute approximate surface area is 50.4 Å². The molecule has 0 fully saturated rings. The molecule has 0 saturated carbocycles. The molecule has 3 N–H and O–H groups in total. The molecule has 0 aromatic rings. The summed E-state index contributed by atoms with van der Waals surface area (Å²) < 4.78 is 0. The first-order valence-electron chi connectivity index (χ1n) is 2.06. The molecule has 0 spiro atoms. The fraction of sp³-hybridized carbons (Fsp3) is 0.250. The van der Waals surface area contributed by atoms with Gasteiger partial charge in [-0.05, 0) is 0 Å². The molecule has 0 aliphatic heterocycles. The van der Waals surface area contributed by atoms with Gasteiger partial charge in [0.25, 0.3) is 0 Å². The molecule has 0 aliphatic carbocycles. The molecule has 0 atom stereocenters. The summed E-state index contributed by atoms with van der Waals surface area (Å²) in [7, 11) is 0. The smallest absolute Gasteiger partial charge is 0.350 e. The molecule has 5 heteroatoms. The topological polar surface area (TPSA) is 98.5 Å². The molecule has 0 aromatic carbocycles. The Kier molecular flexibility index (Phi) is 2.37. The quantitative estimate of drug-likeness (QED) is 0.452. The van der Waals surface area contributed by atoms with Gasteiger partial charge in [-0.3, -0.25) is 10.2 Å². The third-order valence-corrected chi connectivity index (χ3v) is 0.586. The predicted octanol–water partition coefficient (Wildman–Crippen LogP) is -0.435. The van der Waals surface area contributed by atoms with E-state index in [-0.39, 0.29) is 0 Å². The highest BCUT2D eigenvalue weighted by molar-refractivity contribution is 6.37. The number of carboxylic acids is 2. The molecule has 0 heterocycles. The van der Waals surface area contributed by atoms with Gasteiger partial charge in [-0.25, -0.2) is 4.79 Å². The maximum absolute atomic E-state index is 9.75. The summed E-state index contributed by atoms with van der Waals surface area (Å²) in [5.41, 5.74) is -0.803. The molecule has 0 aliphatic rings. The molecule has 50 valence electrons. The molecule has 0 aromatic heterocycles. The van der Waals surface area contributed by atoms with Gasteiger partial charge in [-0.2, -0.15) is 0 Å². The molecule has 0 saturated heterocycles. The Balaban J connectivity index is 3.79. The minimum atomic E-state index is -1.49. The van der Waals surface area contributed by atoms with Gasteiger partial charge in [-0.1, -0.05) is 0 Å². The van der Waals surface area contributed by atoms with Crippen LogP contribution in [0.4, 0.5) is 0 Å². The van der Waals surface area contributed by atoms with Crippen molar-refractivity contribution in [2.45, 2.75) is 6.42 Å². The van der Waals surface area contributed by atoms with E-state index in [1.54, 1.807) is 0 Å². The number of carbonyl (C=O) groups is 2. The number of rotatable bonds is 3. The fourth-order valence-electron chi connectivity index (χ4n) is 0.227. The predicted molar refractivity (Wildman–Crippen MR) is 27.6 cm³/mol. The van der Waals surface area contributed by atoms with Crippen molar-refractivity contribution in [2.75, 3.05) is 0 Å². The van der Waals surface area contributed by atoms with Crippen LogP contribution >= 0.6 is 0 Å². The maximum Gasteiger partial charge on any atom is 0.350 e. The van der Waals surface area contributed by atoms with Crippen LogP contribution in [-0.2, 0) is 9.59 Å². The van der Waals surface area contributed by atoms with Crippen molar-refractivity contribution in [3.8, 4) is 0 Å². The lowest BCUT2D eigenvalue weighted by atomic mass is 10.3. The van der Waals surface area contributed by atoms with Crippen molar-refractivity contribution >= 4 is 17.7 Å². The van der Waals surface area contributed by atoms with E-state index in [2.05, 4.69) is 0 Å². The van der Waals surface area contributed by atoms with Crippen molar-refractivity contribution < 1.29 is 19.8 Å². The lowest BCUT2D eigenvalue weighted by Crippen LogP contribution is -2.15. The summed E-state index contributed by atoms with van der Waals surface area (Å²) in [6, 6.07) is 0. The number of aliphatic carboxylic acids is 2. The van der Waals surface area contributed by atoms with Gasteiger partial charge in [0.15, 0.2) is 0 Å². The third kappa shape index (κ3) is 3.22. The normalized spacial score (nSPS) is 8.44. The van der Waals surface area contributed by atoms with E-state index in [0.717, 1.165) is 0 Å². The van der Waals surface area contributed by atoms with Crippen molar-refractivity contribution in [3.05, 3.63) is 0 Å². The number of carboxylic acid groups (broad SMARTS) is 2. The zero-order valence-corrected chi connectivity index (χ0v) is 4.42. The molecule has 0 radical (unpaired) electrons. The first-order chi connectivity index (χ1) is 4.04. The molecule has 0 rings (SSSR count). The maximum atomic E-state index is 9.75. The minimum Gasteiger partial charge on any atom is -0.481 e.